The smallest absolute Gasteiger partial charge is 0.234 e. The minimum absolute atomic E-state index is 0.0387. The van der Waals surface area contributed by atoms with Crippen molar-refractivity contribution in [1.82, 2.24) is 24.5 Å². The lowest BCUT2D eigenvalue weighted by atomic mass is 10.00. The van der Waals surface area contributed by atoms with Gasteiger partial charge in [-0.1, -0.05) is 0 Å². The first-order valence-electron chi connectivity index (χ1n) is 9.78. The number of rotatable bonds is 6. The van der Waals surface area contributed by atoms with Gasteiger partial charge in [-0.3, -0.25) is 28.9 Å². The summed E-state index contributed by atoms with van der Waals surface area (Å²) >= 11 is 0. The highest BCUT2D eigenvalue weighted by molar-refractivity contribution is 6.05. The molecule has 3 aliphatic heterocycles. The van der Waals surface area contributed by atoms with Gasteiger partial charge >= 0.3 is 0 Å². The average molecular weight is 373 g/mol. The van der Waals surface area contributed by atoms with E-state index in [2.05, 4.69) is 10.00 Å². The third-order valence-electron chi connectivity index (χ3n) is 6.27. The Hall–Kier alpha value is -2.22. The Morgan fingerprint density at radius 2 is 1.81 bits per heavy atom. The fourth-order valence-electron chi connectivity index (χ4n) is 4.54. The van der Waals surface area contributed by atoms with Crippen molar-refractivity contribution in [2.24, 2.45) is 18.9 Å². The van der Waals surface area contributed by atoms with E-state index in [1.807, 2.05) is 29.7 Å². The van der Waals surface area contributed by atoms with E-state index < -0.39 is 0 Å². The molecule has 4 heterocycles. The van der Waals surface area contributed by atoms with Gasteiger partial charge in [-0.15, -0.1) is 0 Å². The zero-order valence-electron chi connectivity index (χ0n) is 16.1. The number of nitrogens with zero attached hydrogens (tertiary/aromatic N) is 5. The maximum absolute atomic E-state index is 12.7. The molecule has 1 aromatic rings. The number of hydrogen-bond acceptors (Lipinski definition) is 5. The predicted octanol–water partition coefficient (Wildman–Crippen LogP) is 0.158. The number of aryl methyl sites for hydroxylation is 1. The number of carbonyl (C=O) groups excluding carboxylic acids is 3. The lowest BCUT2D eigenvalue weighted by molar-refractivity contribution is -0.140. The molecule has 3 saturated heterocycles. The second-order valence-corrected chi connectivity index (χ2v) is 7.95. The molecule has 3 fully saturated rings. The molecule has 4 rings (SSSR count). The first-order chi connectivity index (χ1) is 13.0. The first-order valence-corrected chi connectivity index (χ1v) is 9.78. The van der Waals surface area contributed by atoms with Gasteiger partial charge in [-0.2, -0.15) is 5.10 Å². The van der Waals surface area contributed by atoms with Crippen LogP contribution in [0.3, 0.4) is 0 Å². The van der Waals surface area contributed by atoms with Crippen LogP contribution in [-0.4, -0.2) is 74.9 Å². The number of imide groups is 1. The van der Waals surface area contributed by atoms with Crippen LogP contribution in [0, 0.1) is 18.8 Å². The standard InChI is InChI=1S/C19H27N5O3/c1-13-14(9-20-21(13)2)10-22-11-15-16(12-22)19(27)24(18(15)26)8-4-7-23-6-3-5-17(23)25/h9,15-16H,3-8,10-12H2,1-2H3/t15-,16+. The quantitative estimate of drug-likeness (QED) is 0.664. The van der Waals surface area contributed by atoms with Crippen molar-refractivity contribution >= 4 is 17.7 Å². The summed E-state index contributed by atoms with van der Waals surface area (Å²) in [6, 6.07) is 0. The summed E-state index contributed by atoms with van der Waals surface area (Å²) in [7, 11) is 1.91. The molecule has 8 heteroatoms. The summed E-state index contributed by atoms with van der Waals surface area (Å²) in [5.41, 5.74) is 2.26. The lowest BCUT2D eigenvalue weighted by Crippen LogP contribution is -2.38. The van der Waals surface area contributed by atoms with Crippen LogP contribution in [0.25, 0.3) is 0 Å². The molecule has 2 atom stereocenters. The molecule has 3 amide bonds. The Labute approximate surface area is 159 Å². The normalized spacial score (nSPS) is 25.9. The summed E-state index contributed by atoms with van der Waals surface area (Å²) in [6.07, 6.45) is 4.06. The van der Waals surface area contributed by atoms with Gasteiger partial charge in [-0.05, 0) is 19.8 Å². The first kappa shape index (κ1) is 18.2. The Morgan fingerprint density at radius 3 is 2.37 bits per heavy atom. The van der Waals surface area contributed by atoms with Crippen molar-refractivity contribution in [3.8, 4) is 0 Å². The third kappa shape index (κ3) is 3.26. The van der Waals surface area contributed by atoms with E-state index in [1.165, 1.54) is 4.90 Å². The van der Waals surface area contributed by atoms with Crippen LogP contribution in [0.1, 0.15) is 30.5 Å². The molecule has 0 aliphatic carbocycles. The van der Waals surface area contributed by atoms with Crippen molar-refractivity contribution in [3.05, 3.63) is 17.5 Å². The van der Waals surface area contributed by atoms with Crippen molar-refractivity contribution < 1.29 is 14.4 Å². The largest absolute Gasteiger partial charge is 0.343 e. The number of hydrogen-bond donors (Lipinski definition) is 0. The molecule has 8 nitrogen and oxygen atoms in total. The van der Waals surface area contributed by atoms with E-state index in [-0.39, 0.29) is 29.6 Å². The molecule has 0 spiro atoms. The highest BCUT2D eigenvalue weighted by Crippen LogP contribution is 2.34. The molecule has 0 saturated carbocycles. The molecule has 27 heavy (non-hydrogen) atoms. The lowest BCUT2D eigenvalue weighted by Gasteiger charge is -2.22. The molecular weight excluding hydrogens is 346 g/mol. The van der Waals surface area contributed by atoms with Crippen LogP contribution in [0.2, 0.25) is 0 Å². The van der Waals surface area contributed by atoms with Crippen LogP contribution in [0.5, 0.6) is 0 Å². The zero-order valence-corrected chi connectivity index (χ0v) is 16.1. The Kier molecular flexibility index (Phi) is 4.75. The van der Waals surface area contributed by atoms with E-state index in [0.717, 1.165) is 30.8 Å². The van der Waals surface area contributed by atoms with Gasteiger partial charge in [0.1, 0.15) is 0 Å². The molecule has 3 aliphatic rings. The van der Waals surface area contributed by atoms with Crippen LogP contribution < -0.4 is 0 Å². The molecule has 0 N–H and O–H groups in total. The van der Waals surface area contributed by atoms with Crippen LogP contribution in [0.4, 0.5) is 0 Å². The molecule has 0 unspecified atom stereocenters. The predicted molar refractivity (Wildman–Crippen MR) is 97.4 cm³/mol. The van der Waals surface area contributed by atoms with Crippen molar-refractivity contribution in [2.75, 3.05) is 32.7 Å². The third-order valence-corrected chi connectivity index (χ3v) is 6.27. The summed E-state index contributed by atoms with van der Waals surface area (Å²) in [6.45, 7) is 5.88. The van der Waals surface area contributed by atoms with Gasteiger partial charge in [0.25, 0.3) is 0 Å². The monoisotopic (exact) mass is 373 g/mol. The highest BCUT2D eigenvalue weighted by atomic mass is 16.2. The second kappa shape index (κ2) is 7.07. The molecule has 1 aromatic heterocycles. The summed E-state index contributed by atoms with van der Waals surface area (Å²) in [4.78, 5) is 42.6. The fraction of sp³-hybridized carbons (Fsp3) is 0.684. The maximum atomic E-state index is 12.7. The average Bonchev–Trinajstić information content (AvgIpc) is 3.37. The van der Waals surface area contributed by atoms with E-state index in [9.17, 15) is 14.4 Å². The topological polar surface area (TPSA) is 78.8 Å². The van der Waals surface area contributed by atoms with Gasteiger partial charge in [0.05, 0.1) is 18.0 Å². The maximum Gasteiger partial charge on any atom is 0.234 e. The minimum atomic E-state index is -0.220. The number of fused-ring (bicyclic) bond motifs is 1. The molecule has 0 aromatic carbocycles. The number of amides is 3. The van der Waals surface area contributed by atoms with Gasteiger partial charge in [0.15, 0.2) is 0 Å². The Balaban J connectivity index is 1.31. The van der Waals surface area contributed by atoms with Crippen molar-refractivity contribution in [3.63, 3.8) is 0 Å². The molecule has 146 valence electrons. The summed E-state index contributed by atoms with van der Waals surface area (Å²) in [5, 5.41) is 4.26. The van der Waals surface area contributed by atoms with E-state index >= 15 is 0 Å². The van der Waals surface area contributed by atoms with Gasteiger partial charge < -0.3 is 4.90 Å². The Bertz CT molecular complexity index is 749. The van der Waals surface area contributed by atoms with E-state index in [4.69, 9.17) is 0 Å². The summed E-state index contributed by atoms with van der Waals surface area (Å²) < 4.78 is 1.84. The minimum Gasteiger partial charge on any atom is -0.343 e. The fourth-order valence-corrected chi connectivity index (χ4v) is 4.54. The number of likely N-dealkylation sites (tertiary alicyclic amines) is 3. The van der Waals surface area contributed by atoms with Gasteiger partial charge in [-0.25, -0.2) is 0 Å². The van der Waals surface area contributed by atoms with Crippen LogP contribution in [0.15, 0.2) is 6.20 Å². The molecule has 0 bridgehead atoms. The van der Waals surface area contributed by atoms with Gasteiger partial charge in [0.2, 0.25) is 17.7 Å². The van der Waals surface area contributed by atoms with Gasteiger partial charge in [0, 0.05) is 64.0 Å². The van der Waals surface area contributed by atoms with E-state index in [1.54, 1.807) is 0 Å². The molecular formula is C19H27N5O3. The zero-order chi connectivity index (χ0) is 19.1. The summed E-state index contributed by atoms with van der Waals surface area (Å²) in [5.74, 6) is -0.329. The number of aromatic nitrogens is 2. The SMILES string of the molecule is Cc1c(CN2C[C@@H]3C(=O)N(CCCN4CCCC4=O)C(=O)[C@@H]3C2)cnn1C. The van der Waals surface area contributed by atoms with Crippen LogP contribution >= 0.6 is 0 Å². The van der Waals surface area contributed by atoms with Crippen molar-refractivity contribution in [1.29, 1.82) is 0 Å². The highest BCUT2D eigenvalue weighted by Gasteiger charge is 2.51. The van der Waals surface area contributed by atoms with Crippen LogP contribution in [-0.2, 0) is 28.0 Å². The molecule has 0 radical (unpaired) electrons. The second-order valence-electron chi connectivity index (χ2n) is 7.95. The Morgan fingerprint density at radius 1 is 1.11 bits per heavy atom. The van der Waals surface area contributed by atoms with Crippen molar-refractivity contribution in [2.45, 2.75) is 32.7 Å². The number of carbonyl (C=O) groups is 3. The van der Waals surface area contributed by atoms with E-state index in [0.29, 0.717) is 39.0 Å².